The number of carboxylic acids is 1. The van der Waals surface area contributed by atoms with Gasteiger partial charge in [-0.15, -0.1) is 0 Å². The molecule has 0 fully saturated rings. The van der Waals surface area contributed by atoms with Gasteiger partial charge >= 0.3 is 34.6 Å². The Hall–Kier alpha value is 0.619. The van der Waals surface area contributed by atoms with Crippen LogP contribution in [0, 0.1) is 0 Å². The topological polar surface area (TPSA) is 40.1 Å². The van der Waals surface area contributed by atoms with Crippen molar-refractivity contribution in [2.75, 3.05) is 0 Å². The molecule has 0 rings (SSSR count). The van der Waals surface area contributed by atoms with Gasteiger partial charge in [0.1, 0.15) is 0 Å². The van der Waals surface area contributed by atoms with Crippen molar-refractivity contribution >= 4 is 38.4 Å². The summed E-state index contributed by atoms with van der Waals surface area (Å²) in [5.41, 5.74) is 0. The van der Waals surface area contributed by atoms with E-state index in [2.05, 4.69) is 34.4 Å². The van der Waals surface area contributed by atoms with Crippen LogP contribution < -0.4 is 5.11 Å². The standard InChI is InChI=1S/C10H20O2S.3CH3.Sn/c1-2-3-4-5-6-7-8-9(13)10(11)12;;;;/h9,13H,2-8H2,1H3,(H,11,12);3*1H3;/q;;;;+1/p-1. The summed E-state index contributed by atoms with van der Waals surface area (Å²) in [5.74, 6) is -1.04. The first-order valence-corrected chi connectivity index (χ1v) is 15.6. The van der Waals surface area contributed by atoms with E-state index in [1.165, 1.54) is 25.7 Å². The summed E-state index contributed by atoms with van der Waals surface area (Å²) in [5, 5.41) is 9.70. The zero-order valence-corrected chi connectivity index (χ0v) is 15.5. The molecule has 102 valence electrons. The minimum atomic E-state index is -1.04. The van der Waals surface area contributed by atoms with Gasteiger partial charge in [-0.05, 0) is 6.42 Å². The van der Waals surface area contributed by atoms with Crippen LogP contribution in [-0.4, -0.2) is 31.0 Å². The van der Waals surface area contributed by atoms with Gasteiger partial charge in [0.05, 0.1) is 5.97 Å². The molecule has 0 aromatic rings. The van der Waals surface area contributed by atoms with Gasteiger partial charge in [-0.3, -0.25) is 0 Å². The van der Waals surface area contributed by atoms with Crippen molar-refractivity contribution in [3.05, 3.63) is 0 Å². The molecule has 0 spiro atoms. The molecule has 1 atom stereocenters. The van der Waals surface area contributed by atoms with Gasteiger partial charge in [0.25, 0.3) is 0 Å². The third kappa shape index (κ3) is 22.3. The first-order chi connectivity index (χ1) is 7.91. The van der Waals surface area contributed by atoms with Crippen LogP contribution >= 0.6 is 12.6 Å². The van der Waals surface area contributed by atoms with Crippen molar-refractivity contribution in [1.29, 1.82) is 0 Å². The van der Waals surface area contributed by atoms with E-state index >= 15 is 0 Å². The molecule has 1 unspecified atom stereocenters. The molecule has 0 amide bonds. The molecule has 0 bridgehead atoms. The number of hydrogen-bond donors (Lipinski definition) is 1. The van der Waals surface area contributed by atoms with Gasteiger partial charge in [-0.1, -0.05) is 45.4 Å². The first kappa shape index (κ1) is 19.9. The molecule has 17 heavy (non-hydrogen) atoms. The van der Waals surface area contributed by atoms with Gasteiger partial charge < -0.3 is 9.90 Å². The van der Waals surface area contributed by atoms with E-state index in [0.29, 0.717) is 6.42 Å². The van der Waals surface area contributed by atoms with E-state index in [1.54, 1.807) is 0 Å². The Labute approximate surface area is 120 Å². The number of aliphatic carboxylic acids is 1. The maximum atomic E-state index is 10.3. The summed E-state index contributed by atoms with van der Waals surface area (Å²) in [7, 11) is 0. The molecule has 0 heterocycles. The predicted molar refractivity (Wildman–Crippen MR) is 79.1 cm³/mol. The average molecular weight is 367 g/mol. The minimum absolute atomic E-state index is 0.543. The fourth-order valence-corrected chi connectivity index (χ4v) is 1.42. The molecule has 0 N–H and O–H groups in total. The monoisotopic (exact) mass is 368 g/mol. The molecular weight excluding hydrogens is 339 g/mol. The van der Waals surface area contributed by atoms with E-state index in [9.17, 15) is 9.90 Å². The second-order valence-corrected chi connectivity index (χ2v) is 14.1. The van der Waals surface area contributed by atoms with Crippen molar-refractivity contribution in [1.82, 2.24) is 0 Å². The van der Waals surface area contributed by atoms with Crippen molar-refractivity contribution in [2.24, 2.45) is 0 Å². The Bertz CT molecular complexity index is 172. The van der Waals surface area contributed by atoms with E-state index in [1.807, 2.05) is 0 Å². The number of rotatable bonds is 8. The van der Waals surface area contributed by atoms with Crippen LogP contribution in [0.25, 0.3) is 0 Å². The third-order valence-corrected chi connectivity index (χ3v) is 2.57. The average Bonchev–Trinajstić information content (AvgIpc) is 2.21. The fraction of sp³-hybridized carbons (Fsp3) is 0.923. The van der Waals surface area contributed by atoms with Gasteiger partial charge in [0.15, 0.2) is 0 Å². The number of carboxylic acid groups (broad SMARTS) is 1. The molecule has 0 aliphatic carbocycles. The Kier molecular flexibility index (Phi) is 17.2. The van der Waals surface area contributed by atoms with Crippen LogP contribution in [0.3, 0.4) is 0 Å². The number of hydrogen-bond acceptors (Lipinski definition) is 3. The van der Waals surface area contributed by atoms with Gasteiger partial charge in [-0.25, -0.2) is 0 Å². The van der Waals surface area contributed by atoms with Crippen molar-refractivity contribution in [3.8, 4) is 0 Å². The predicted octanol–water partition coefficient (Wildman–Crippen LogP) is 3.16. The van der Waals surface area contributed by atoms with Crippen LogP contribution in [0.15, 0.2) is 0 Å². The molecular formula is C13H28O2SSn. The van der Waals surface area contributed by atoms with Crippen molar-refractivity contribution in [3.63, 3.8) is 0 Å². The Balaban J connectivity index is 0. The number of unbranched alkanes of at least 4 members (excludes halogenated alkanes) is 5. The summed E-state index contributed by atoms with van der Waals surface area (Å²) in [6.45, 7) is 2.18. The number of thiol groups is 1. The van der Waals surface area contributed by atoms with Gasteiger partial charge in [0.2, 0.25) is 0 Å². The van der Waals surface area contributed by atoms with Gasteiger partial charge in [0, 0.05) is 5.25 Å². The summed E-state index contributed by atoms with van der Waals surface area (Å²) < 4.78 is 0. The quantitative estimate of drug-likeness (QED) is 0.407. The third-order valence-electron chi connectivity index (χ3n) is 2.10. The van der Waals surface area contributed by atoms with Crippen LogP contribution in [0.4, 0.5) is 0 Å². The van der Waals surface area contributed by atoms with Crippen LogP contribution in [0.1, 0.15) is 51.9 Å². The van der Waals surface area contributed by atoms with Gasteiger partial charge in [-0.2, -0.15) is 12.6 Å². The molecule has 0 aliphatic heterocycles. The second kappa shape index (κ2) is 14.7. The molecule has 0 aromatic carbocycles. The van der Waals surface area contributed by atoms with Crippen LogP contribution in [0.5, 0.6) is 0 Å². The second-order valence-electron chi connectivity index (χ2n) is 4.89. The first-order valence-electron chi connectivity index (χ1n) is 6.57. The van der Waals surface area contributed by atoms with Crippen molar-refractivity contribution < 1.29 is 9.90 Å². The zero-order valence-electron chi connectivity index (χ0n) is 11.8. The Morgan fingerprint density at radius 1 is 1.12 bits per heavy atom. The number of carbonyl (C=O) groups excluding carboxylic acids is 1. The van der Waals surface area contributed by atoms with E-state index < -0.39 is 31.0 Å². The van der Waals surface area contributed by atoms with E-state index in [-0.39, 0.29) is 0 Å². The Morgan fingerprint density at radius 2 is 1.53 bits per heavy atom. The normalized spacial score (nSPS) is 11.4. The molecule has 0 aliphatic rings. The van der Waals surface area contributed by atoms with Crippen LogP contribution in [0.2, 0.25) is 14.8 Å². The van der Waals surface area contributed by atoms with E-state index in [4.69, 9.17) is 0 Å². The number of carbonyl (C=O) groups is 1. The van der Waals surface area contributed by atoms with Crippen molar-refractivity contribution in [2.45, 2.75) is 71.9 Å². The molecule has 0 radical (unpaired) electrons. The summed E-state index contributed by atoms with van der Waals surface area (Å²) >= 11 is 3.36. The Morgan fingerprint density at radius 3 is 1.94 bits per heavy atom. The summed E-state index contributed by atoms with van der Waals surface area (Å²) in [6.07, 6.45) is 7.70. The van der Waals surface area contributed by atoms with Crippen LogP contribution in [-0.2, 0) is 4.79 Å². The molecule has 0 saturated carbocycles. The van der Waals surface area contributed by atoms with E-state index in [0.717, 1.165) is 12.8 Å². The molecule has 2 nitrogen and oxygen atoms in total. The molecule has 0 aromatic heterocycles. The fourth-order valence-electron chi connectivity index (χ4n) is 1.24. The summed E-state index contributed by atoms with van der Waals surface area (Å²) in [6, 6.07) is 0. The SMILES string of the molecule is CCCCCCCCC(S)C(=O)[O-].[CH3][Sn+]([CH3])[CH3]. The molecule has 0 saturated heterocycles. The maximum absolute atomic E-state index is 10.3. The zero-order chi connectivity index (χ0) is 13.7. The molecule has 4 heteroatoms. The summed E-state index contributed by atoms with van der Waals surface area (Å²) in [4.78, 5) is 17.4.